The van der Waals surface area contributed by atoms with Crippen molar-refractivity contribution in [2.45, 2.75) is 38.6 Å². The Bertz CT molecular complexity index is 819. The first-order valence-corrected chi connectivity index (χ1v) is 9.71. The first-order valence-electron chi connectivity index (χ1n) is 9.71. The van der Waals surface area contributed by atoms with E-state index >= 15 is 0 Å². The number of fused-ring (bicyclic) bond motifs is 4. The number of hydrogen-bond donors (Lipinski definition) is 1. The zero-order valence-electron chi connectivity index (χ0n) is 15.6. The number of carbonyl (C=O) groups excluding carboxylic acids is 2. The monoisotopic (exact) mass is 367 g/mol. The van der Waals surface area contributed by atoms with Gasteiger partial charge in [0.2, 0.25) is 0 Å². The van der Waals surface area contributed by atoms with E-state index in [0.29, 0.717) is 36.8 Å². The molecule has 0 spiro atoms. The fourth-order valence-corrected chi connectivity index (χ4v) is 4.24. The SMILES string of the molecule is CCCc1[nH]ncc1C(=O)N1C[C@H]2CC[C@@H]1CN(C(=O)c1ccccn1)C2. The van der Waals surface area contributed by atoms with Crippen LogP contribution in [0.25, 0.3) is 0 Å². The van der Waals surface area contributed by atoms with E-state index < -0.39 is 0 Å². The van der Waals surface area contributed by atoms with Crippen LogP contribution in [0.15, 0.2) is 30.6 Å². The Morgan fingerprint density at radius 2 is 2.07 bits per heavy atom. The van der Waals surface area contributed by atoms with Gasteiger partial charge in [-0.05, 0) is 37.3 Å². The lowest BCUT2D eigenvalue weighted by Gasteiger charge is -2.36. The van der Waals surface area contributed by atoms with Crippen molar-refractivity contribution in [1.82, 2.24) is 25.0 Å². The van der Waals surface area contributed by atoms with Crippen LogP contribution >= 0.6 is 0 Å². The van der Waals surface area contributed by atoms with Crippen LogP contribution in [0, 0.1) is 5.92 Å². The van der Waals surface area contributed by atoms with Crippen LogP contribution in [-0.4, -0.2) is 62.5 Å². The lowest BCUT2D eigenvalue weighted by Crippen LogP contribution is -2.47. The normalized spacial score (nSPS) is 22.0. The number of aryl methyl sites for hydroxylation is 1. The highest BCUT2D eigenvalue weighted by atomic mass is 16.2. The second-order valence-corrected chi connectivity index (χ2v) is 7.49. The molecule has 0 radical (unpaired) electrons. The third kappa shape index (κ3) is 3.46. The number of nitrogens with zero attached hydrogens (tertiary/aromatic N) is 4. The van der Waals surface area contributed by atoms with Crippen molar-refractivity contribution in [3.05, 3.63) is 47.5 Å². The van der Waals surface area contributed by atoms with Gasteiger partial charge in [0.1, 0.15) is 5.69 Å². The molecule has 0 aliphatic carbocycles. The van der Waals surface area contributed by atoms with Crippen LogP contribution in [0.1, 0.15) is 52.7 Å². The van der Waals surface area contributed by atoms with Gasteiger partial charge in [-0.2, -0.15) is 5.10 Å². The number of aromatic amines is 1. The highest BCUT2D eigenvalue weighted by Crippen LogP contribution is 2.30. The van der Waals surface area contributed by atoms with Crippen molar-refractivity contribution in [2.75, 3.05) is 19.6 Å². The minimum Gasteiger partial charge on any atom is -0.335 e. The number of aromatic nitrogens is 3. The van der Waals surface area contributed by atoms with Gasteiger partial charge in [0.05, 0.1) is 11.8 Å². The van der Waals surface area contributed by atoms with Crippen molar-refractivity contribution >= 4 is 11.8 Å². The molecule has 0 aromatic carbocycles. The maximum Gasteiger partial charge on any atom is 0.272 e. The zero-order valence-corrected chi connectivity index (χ0v) is 15.6. The van der Waals surface area contributed by atoms with E-state index in [9.17, 15) is 9.59 Å². The molecule has 0 saturated carbocycles. The van der Waals surface area contributed by atoms with Crippen molar-refractivity contribution < 1.29 is 9.59 Å². The maximum atomic E-state index is 13.2. The van der Waals surface area contributed by atoms with Crippen LogP contribution in [0.5, 0.6) is 0 Å². The van der Waals surface area contributed by atoms with Gasteiger partial charge in [0.15, 0.2) is 0 Å². The topological polar surface area (TPSA) is 82.2 Å². The van der Waals surface area contributed by atoms with Crippen LogP contribution in [0.2, 0.25) is 0 Å². The van der Waals surface area contributed by atoms with Crippen LogP contribution < -0.4 is 0 Å². The van der Waals surface area contributed by atoms with E-state index in [0.717, 1.165) is 31.4 Å². The number of piperidine rings is 1. The molecule has 3 aliphatic rings. The number of carbonyl (C=O) groups is 2. The molecule has 5 rings (SSSR count). The molecular formula is C20H25N5O2. The summed E-state index contributed by atoms with van der Waals surface area (Å²) in [7, 11) is 0. The molecule has 7 heteroatoms. The van der Waals surface area contributed by atoms with Gasteiger partial charge in [-0.25, -0.2) is 0 Å². The number of pyridine rings is 1. The summed E-state index contributed by atoms with van der Waals surface area (Å²) in [6.07, 6.45) is 7.04. The van der Waals surface area contributed by atoms with Gasteiger partial charge in [0.25, 0.3) is 11.8 Å². The summed E-state index contributed by atoms with van der Waals surface area (Å²) in [6, 6.07) is 5.44. The van der Waals surface area contributed by atoms with Gasteiger partial charge in [0, 0.05) is 37.6 Å². The van der Waals surface area contributed by atoms with Crippen LogP contribution in [-0.2, 0) is 6.42 Å². The Morgan fingerprint density at radius 1 is 1.19 bits per heavy atom. The van der Waals surface area contributed by atoms with Gasteiger partial charge < -0.3 is 9.80 Å². The molecule has 3 fully saturated rings. The molecule has 27 heavy (non-hydrogen) atoms. The van der Waals surface area contributed by atoms with E-state index in [1.807, 2.05) is 21.9 Å². The maximum absolute atomic E-state index is 13.2. The fraction of sp³-hybridized carbons (Fsp3) is 0.500. The molecule has 2 aromatic heterocycles. The molecule has 142 valence electrons. The fourth-order valence-electron chi connectivity index (χ4n) is 4.24. The number of amides is 2. The molecule has 2 amide bonds. The van der Waals surface area contributed by atoms with Gasteiger partial charge in [-0.1, -0.05) is 19.4 Å². The Labute approximate surface area is 158 Å². The lowest BCUT2D eigenvalue weighted by molar-refractivity contribution is 0.0573. The number of nitrogens with one attached hydrogen (secondary N) is 1. The van der Waals surface area contributed by atoms with Gasteiger partial charge in [-0.3, -0.25) is 19.7 Å². The summed E-state index contributed by atoms with van der Waals surface area (Å²) >= 11 is 0. The van der Waals surface area contributed by atoms with E-state index in [1.54, 1.807) is 18.5 Å². The average molecular weight is 367 g/mol. The number of H-pyrrole nitrogens is 1. The highest BCUT2D eigenvalue weighted by Gasteiger charge is 2.39. The minimum absolute atomic E-state index is 0.0361. The van der Waals surface area contributed by atoms with Crippen molar-refractivity contribution in [2.24, 2.45) is 5.92 Å². The van der Waals surface area contributed by atoms with Gasteiger partial charge >= 0.3 is 0 Å². The number of hydrogen-bond acceptors (Lipinski definition) is 4. The smallest absolute Gasteiger partial charge is 0.272 e. The van der Waals surface area contributed by atoms with Crippen LogP contribution in [0.4, 0.5) is 0 Å². The quantitative estimate of drug-likeness (QED) is 0.897. The first kappa shape index (κ1) is 17.7. The molecule has 1 N–H and O–H groups in total. The number of rotatable bonds is 4. The molecule has 2 aromatic rings. The molecule has 0 unspecified atom stereocenters. The summed E-state index contributed by atoms with van der Waals surface area (Å²) in [6.45, 7) is 4.04. The summed E-state index contributed by atoms with van der Waals surface area (Å²) in [5.41, 5.74) is 2.05. The summed E-state index contributed by atoms with van der Waals surface area (Å²) in [5, 5.41) is 7.04. The zero-order chi connectivity index (χ0) is 18.8. The van der Waals surface area contributed by atoms with Crippen LogP contribution in [0.3, 0.4) is 0 Å². The second-order valence-electron chi connectivity index (χ2n) is 7.49. The van der Waals surface area contributed by atoms with E-state index in [2.05, 4.69) is 22.1 Å². The van der Waals surface area contributed by atoms with Crippen molar-refractivity contribution in [3.63, 3.8) is 0 Å². The second kappa shape index (κ2) is 7.50. The van der Waals surface area contributed by atoms with E-state index in [1.165, 1.54) is 0 Å². The van der Waals surface area contributed by atoms with Crippen molar-refractivity contribution in [1.29, 1.82) is 0 Å². The van der Waals surface area contributed by atoms with Gasteiger partial charge in [-0.15, -0.1) is 0 Å². The Kier molecular flexibility index (Phi) is 4.92. The molecule has 7 nitrogen and oxygen atoms in total. The summed E-state index contributed by atoms with van der Waals surface area (Å²) in [4.78, 5) is 34.1. The summed E-state index contributed by atoms with van der Waals surface area (Å²) in [5.74, 6) is 0.299. The first-order chi connectivity index (χ1) is 13.2. The molecule has 3 aliphatic heterocycles. The van der Waals surface area contributed by atoms with E-state index in [4.69, 9.17) is 0 Å². The highest BCUT2D eigenvalue weighted by molar-refractivity contribution is 5.96. The molecular weight excluding hydrogens is 342 g/mol. The Morgan fingerprint density at radius 3 is 2.85 bits per heavy atom. The Hall–Kier alpha value is -2.70. The molecule has 2 bridgehead atoms. The summed E-state index contributed by atoms with van der Waals surface area (Å²) < 4.78 is 0. The van der Waals surface area contributed by atoms with Crippen molar-refractivity contribution in [3.8, 4) is 0 Å². The Balaban J connectivity index is 1.54. The predicted octanol–water partition coefficient (Wildman–Crippen LogP) is 2.13. The molecule has 2 atom stereocenters. The molecule has 5 heterocycles. The minimum atomic E-state index is -0.0446. The predicted molar refractivity (Wildman–Crippen MR) is 100 cm³/mol. The standard InChI is InChI=1S/C20H25N5O2/c1-2-5-17-16(10-22-23-17)19(26)25-12-14-7-8-15(25)13-24(11-14)20(27)18-6-3-4-9-21-18/h3-4,6,9-10,14-15H,2,5,7-8,11-13H2,1H3,(H,22,23)/t14-,15+/m0/s1. The molecule has 3 saturated heterocycles. The third-order valence-corrected chi connectivity index (χ3v) is 5.59. The van der Waals surface area contributed by atoms with E-state index in [-0.39, 0.29) is 17.9 Å². The lowest BCUT2D eigenvalue weighted by atomic mass is 9.94. The third-order valence-electron chi connectivity index (χ3n) is 5.59. The largest absolute Gasteiger partial charge is 0.335 e. The average Bonchev–Trinajstić information content (AvgIpc) is 2.96.